The van der Waals surface area contributed by atoms with E-state index in [0.29, 0.717) is 19.7 Å². The maximum atomic E-state index is 12.8. The molecule has 1 aromatic rings. The average molecular weight is 346 g/mol. The molecule has 24 heavy (non-hydrogen) atoms. The first-order valence-electron chi connectivity index (χ1n) is 7.99. The van der Waals surface area contributed by atoms with E-state index in [9.17, 15) is 22.8 Å². The lowest BCUT2D eigenvalue weighted by molar-refractivity contribution is -0.140. The third-order valence-corrected chi connectivity index (χ3v) is 3.92. The molecule has 0 aromatic carbocycles. The number of halogens is 3. The number of amides is 1. The fourth-order valence-electron chi connectivity index (χ4n) is 2.71. The van der Waals surface area contributed by atoms with E-state index in [4.69, 9.17) is 4.74 Å². The smallest absolute Gasteiger partial charge is 0.376 e. The minimum Gasteiger partial charge on any atom is -0.376 e. The zero-order chi connectivity index (χ0) is 17.7. The molecule has 1 aliphatic rings. The van der Waals surface area contributed by atoms with E-state index in [1.807, 2.05) is 6.92 Å². The van der Waals surface area contributed by atoms with Gasteiger partial charge in [-0.2, -0.15) is 13.2 Å². The van der Waals surface area contributed by atoms with Crippen LogP contribution in [0, 0.1) is 0 Å². The molecule has 1 atom stereocenters. The molecule has 1 aliphatic heterocycles. The van der Waals surface area contributed by atoms with Crippen LogP contribution in [0.4, 0.5) is 13.2 Å². The van der Waals surface area contributed by atoms with E-state index in [1.165, 1.54) is 6.20 Å². The number of ether oxygens (including phenoxy) is 1. The Kier molecular flexibility index (Phi) is 6.04. The number of carbonyl (C=O) groups excluding carboxylic acids is 1. The zero-order valence-electron chi connectivity index (χ0n) is 13.5. The number of hydrogen-bond donors (Lipinski definition) is 0. The molecule has 0 radical (unpaired) electrons. The Morgan fingerprint density at radius 2 is 2.17 bits per heavy atom. The number of rotatable bonds is 5. The molecule has 5 nitrogen and oxygen atoms in total. The van der Waals surface area contributed by atoms with Crippen molar-refractivity contribution >= 4 is 5.91 Å². The van der Waals surface area contributed by atoms with Gasteiger partial charge >= 0.3 is 6.18 Å². The number of pyridine rings is 1. The lowest BCUT2D eigenvalue weighted by Gasteiger charge is -2.32. The molecule has 0 aliphatic carbocycles. The van der Waals surface area contributed by atoms with Crippen LogP contribution in [0.15, 0.2) is 23.1 Å². The second kappa shape index (κ2) is 7.83. The van der Waals surface area contributed by atoms with Gasteiger partial charge in [-0.25, -0.2) is 0 Å². The molecule has 0 N–H and O–H groups in total. The molecular weight excluding hydrogens is 325 g/mol. The van der Waals surface area contributed by atoms with Gasteiger partial charge in [0.25, 0.3) is 5.56 Å². The Balaban J connectivity index is 2.06. The van der Waals surface area contributed by atoms with Crippen LogP contribution in [0.3, 0.4) is 0 Å². The highest BCUT2D eigenvalue weighted by Crippen LogP contribution is 2.26. The molecule has 1 fully saturated rings. The number of likely N-dealkylation sites (tertiary alicyclic amines) is 1. The van der Waals surface area contributed by atoms with Gasteiger partial charge in [0.2, 0.25) is 5.91 Å². The second-order valence-corrected chi connectivity index (χ2v) is 5.83. The Bertz CT molecular complexity index is 628. The first-order valence-corrected chi connectivity index (χ1v) is 7.99. The zero-order valence-corrected chi connectivity index (χ0v) is 13.5. The van der Waals surface area contributed by atoms with Gasteiger partial charge in [-0.15, -0.1) is 0 Å². The predicted octanol–water partition coefficient (Wildman–Crippen LogP) is 2.28. The Labute approximate surface area is 138 Å². The first kappa shape index (κ1) is 18.5. The van der Waals surface area contributed by atoms with Gasteiger partial charge in [-0.1, -0.05) is 6.92 Å². The summed E-state index contributed by atoms with van der Waals surface area (Å²) in [5.74, 6) is -0.374. The first-order chi connectivity index (χ1) is 11.3. The molecule has 0 unspecified atom stereocenters. The second-order valence-electron chi connectivity index (χ2n) is 5.83. The highest BCUT2D eigenvalue weighted by atomic mass is 19.4. The molecule has 1 aromatic heterocycles. The van der Waals surface area contributed by atoms with Crippen LogP contribution in [0.1, 0.15) is 31.7 Å². The standard InChI is InChI=1S/C16H21F3N2O3/c1-2-9-24-12-5-3-7-20(10-12)14(22)11-21-8-4-6-13(15(21)23)16(17,18)19/h4,6,8,12H,2-3,5,7,9-11H2,1H3/t12-/m0/s1. The third kappa shape index (κ3) is 4.59. The molecule has 1 amide bonds. The highest BCUT2D eigenvalue weighted by Gasteiger charge is 2.34. The van der Waals surface area contributed by atoms with E-state index >= 15 is 0 Å². The minimum atomic E-state index is -4.73. The number of nitrogens with zero attached hydrogens (tertiary/aromatic N) is 2. The summed E-state index contributed by atoms with van der Waals surface area (Å²) in [4.78, 5) is 25.8. The monoisotopic (exact) mass is 346 g/mol. The van der Waals surface area contributed by atoms with Gasteiger partial charge in [-0.3, -0.25) is 9.59 Å². The van der Waals surface area contributed by atoms with Gasteiger partial charge in [0.1, 0.15) is 12.1 Å². The molecular formula is C16H21F3N2O3. The number of hydrogen-bond acceptors (Lipinski definition) is 3. The van der Waals surface area contributed by atoms with Crippen LogP contribution in [0.2, 0.25) is 0 Å². The molecule has 0 saturated carbocycles. The van der Waals surface area contributed by atoms with E-state index in [2.05, 4.69) is 0 Å². The van der Waals surface area contributed by atoms with E-state index < -0.39 is 23.8 Å². The topological polar surface area (TPSA) is 51.5 Å². The Morgan fingerprint density at radius 3 is 2.83 bits per heavy atom. The average Bonchev–Trinajstić information content (AvgIpc) is 2.54. The van der Waals surface area contributed by atoms with Gasteiger partial charge in [0, 0.05) is 25.9 Å². The molecule has 1 saturated heterocycles. The molecule has 2 heterocycles. The van der Waals surface area contributed by atoms with Crippen molar-refractivity contribution in [2.45, 2.75) is 45.0 Å². The lowest BCUT2D eigenvalue weighted by atomic mass is 10.1. The summed E-state index contributed by atoms with van der Waals surface area (Å²) >= 11 is 0. The maximum absolute atomic E-state index is 12.8. The fraction of sp³-hybridized carbons (Fsp3) is 0.625. The third-order valence-electron chi connectivity index (χ3n) is 3.92. The SMILES string of the molecule is CCCO[C@H]1CCCN(C(=O)Cn2cccc(C(F)(F)F)c2=O)C1. The molecule has 2 rings (SSSR count). The van der Waals surface area contributed by atoms with Crippen molar-refractivity contribution in [1.29, 1.82) is 0 Å². The minimum absolute atomic E-state index is 0.0547. The molecule has 8 heteroatoms. The van der Waals surface area contributed by atoms with Crippen molar-refractivity contribution in [3.8, 4) is 0 Å². The summed E-state index contributed by atoms with van der Waals surface area (Å²) in [5, 5.41) is 0. The van der Waals surface area contributed by atoms with Crippen molar-refractivity contribution < 1.29 is 22.7 Å². The van der Waals surface area contributed by atoms with Gasteiger partial charge in [-0.05, 0) is 31.4 Å². The predicted molar refractivity (Wildman–Crippen MR) is 81.5 cm³/mol. The van der Waals surface area contributed by atoms with Crippen molar-refractivity contribution in [2.75, 3.05) is 19.7 Å². The van der Waals surface area contributed by atoms with Gasteiger partial charge < -0.3 is 14.2 Å². The summed E-state index contributed by atoms with van der Waals surface area (Å²) in [6.07, 6.45) is -1.08. The summed E-state index contributed by atoms with van der Waals surface area (Å²) in [7, 11) is 0. The van der Waals surface area contributed by atoms with Crippen LogP contribution in [0.25, 0.3) is 0 Å². The van der Waals surface area contributed by atoms with E-state index in [1.54, 1.807) is 4.90 Å². The van der Waals surface area contributed by atoms with Gasteiger partial charge in [0.15, 0.2) is 0 Å². The molecule has 0 bridgehead atoms. The number of aromatic nitrogens is 1. The van der Waals surface area contributed by atoms with Crippen LogP contribution < -0.4 is 5.56 Å². The lowest BCUT2D eigenvalue weighted by Crippen LogP contribution is -2.45. The van der Waals surface area contributed by atoms with Crippen molar-refractivity contribution in [1.82, 2.24) is 9.47 Å². The van der Waals surface area contributed by atoms with E-state index in [-0.39, 0.29) is 12.0 Å². The van der Waals surface area contributed by atoms with Crippen molar-refractivity contribution in [3.05, 3.63) is 34.2 Å². The summed E-state index contributed by atoms with van der Waals surface area (Å²) < 4.78 is 44.7. The number of carbonyl (C=O) groups is 1. The van der Waals surface area contributed by atoms with Crippen molar-refractivity contribution in [3.63, 3.8) is 0 Å². The summed E-state index contributed by atoms with van der Waals surface area (Å²) in [6.45, 7) is 3.14. The Morgan fingerprint density at radius 1 is 1.42 bits per heavy atom. The largest absolute Gasteiger partial charge is 0.421 e. The molecule has 0 spiro atoms. The van der Waals surface area contributed by atoms with Crippen molar-refractivity contribution in [2.24, 2.45) is 0 Å². The quantitative estimate of drug-likeness (QED) is 0.822. The van der Waals surface area contributed by atoms with Crippen LogP contribution in [-0.4, -0.2) is 41.2 Å². The van der Waals surface area contributed by atoms with Crippen LogP contribution >= 0.6 is 0 Å². The normalized spacial score (nSPS) is 18.7. The van der Waals surface area contributed by atoms with Gasteiger partial charge in [0.05, 0.1) is 6.10 Å². The molecule has 134 valence electrons. The maximum Gasteiger partial charge on any atom is 0.421 e. The Hall–Kier alpha value is -1.83. The van der Waals surface area contributed by atoms with Crippen LogP contribution in [-0.2, 0) is 22.3 Å². The fourth-order valence-corrected chi connectivity index (χ4v) is 2.71. The number of alkyl halides is 3. The number of piperidine rings is 1. The summed E-state index contributed by atoms with van der Waals surface area (Å²) in [6, 6.07) is 1.85. The highest BCUT2D eigenvalue weighted by molar-refractivity contribution is 5.76. The van der Waals surface area contributed by atoms with Crippen LogP contribution in [0.5, 0.6) is 0 Å². The van der Waals surface area contributed by atoms with E-state index in [0.717, 1.165) is 36.0 Å². The summed E-state index contributed by atoms with van der Waals surface area (Å²) in [5.41, 5.74) is -2.46.